The Morgan fingerprint density at radius 2 is 2.09 bits per heavy atom. The predicted molar refractivity (Wildman–Crippen MR) is 86.9 cm³/mol. The van der Waals surface area contributed by atoms with E-state index in [-0.39, 0.29) is 18.0 Å². The van der Waals surface area contributed by atoms with Gasteiger partial charge in [0.15, 0.2) is 0 Å². The number of hydrogen-bond donors (Lipinski definition) is 2. The molecule has 6 nitrogen and oxygen atoms in total. The van der Waals surface area contributed by atoms with Crippen molar-refractivity contribution in [3.8, 4) is 0 Å². The Morgan fingerprint density at radius 3 is 2.64 bits per heavy atom. The van der Waals surface area contributed by atoms with Crippen LogP contribution < -0.4 is 5.32 Å². The van der Waals surface area contributed by atoms with E-state index in [0.29, 0.717) is 18.7 Å². The van der Waals surface area contributed by atoms with Crippen LogP contribution in [0.25, 0.3) is 6.08 Å². The van der Waals surface area contributed by atoms with Crippen molar-refractivity contribution in [2.75, 3.05) is 27.2 Å². The van der Waals surface area contributed by atoms with Crippen LogP contribution in [0.15, 0.2) is 6.58 Å². The third kappa shape index (κ3) is 3.00. The van der Waals surface area contributed by atoms with Crippen molar-refractivity contribution in [2.24, 2.45) is 0 Å². The Bertz CT molecular complexity index is 604. The molecule has 2 rings (SSSR count). The number of nitrogens with one attached hydrogen (secondary N) is 2. The number of carbonyl (C=O) groups is 2. The molecule has 1 aliphatic heterocycles. The minimum atomic E-state index is -0.0940. The highest BCUT2D eigenvalue weighted by Gasteiger charge is 2.29. The number of urea groups is 1. The van der Waals surface area contributed by atoms with Crippen LogP contribution in [0.2, 0.25) is 0 Å². The summed E-state index contributed by atoms with van der Waals surface area (Å²) in [5.41, 5.74) is 3.29. The summed E-state index contributed by atoms with van der Waals surface area (Å²) < 4.78 is 0. The van der Waals surface area contributed by atoms with Crippen LogP contribution in [-0.2, 0) is 0 Å². The van der Waals surface area contributed by atoms with Crippen molar-refractivity contribution in [2.45, 2.75) is 26.3 Å². The molecule has 1 aromatic rings. The van der Waals surface area contributed by atoms with E-state index >= 15 is 0 Å². The van der Waals surface area contributed by atoms with Gasteiger partial charge in [0.25, 0.3) is 5.91 Å². The molecule has 3 amide bonds. The first kappa shape index (κ1) is 16.1. The highest BCUT2D eigenvalue weighted by Crippen LogP contribution is 2.19. The minimum absolute atomic E-state index is 0.00252. The largest absolute Gasteiger partial charge is 0.358 e. The van der Waals surface area contributed by atoms with Crippen LogP contribution in [0.4, 0.5) is 4.79 Å². The average Bonchev–Trinajstić information content (AvgIpc) is 3.02. The molecule has 6 heteroatoms. The highest BCUT2D eigenvalue weighted by molar-refractivity contribution is 5.98. The second kappa shape index (κ2) is 6.25. The monoisotopic (exact) mass is 304 g/mol. The van der Waals surface area contributed by atoms with Gasteiger partial charge in [0.1, 0.15) is 0 Å². The van der Waals surface area contributed by atoms with Gasteiger partial charge in [0, 0.05) is 44.6 Å². The maximum Gasteiger partial charge on any atom is 0.319 e. The van der Waals surface area contributed by atoms with E-state index < -0.39 is 0 Å². The topological polar surface area (TPSA) is 68.4 Å². The van der Waals surface area contributed by atoms with Gasteiger partial charge in [-0.15, -0.1) is 0 Å². The van der Waals surface area contributed by atoms with Crippen LogP contribution in [0.1, 0.15) is 33.7 Å². The summed E-state index contributed by atoms with van der Waals surface area (Å²) in [5, 5.41) is 3.03. The fraction of sp³-hybridized carbons (Fsp3) is 0.500. The van der Waals surface area contributed by atoms with Gasteiger partial charge in [-0.25, -0.2) is 4.79 Å². The lowest BCUT2D eigenvalue weighted by Gasteiger charge is -2.21. The van der Waals surface area contributed by atoms with E-state index in [1.165, 1.54) is 0 Å². The Kier molecular flexibility index (Phi) is 4.59. The fourth-order valence-corrected chi connectivity index (χ4v) is 2.91. The van der Waals surface area contributed by atoms with Gasteiger partial charge in [-0.3, -0.25) is 4.79 Å². The number of nitrogens with zero attached hydrogens (tertiary/aromatic N) is 2. The summed E-state index contributed by atoms with van der Waals surface area (Å²) in [6.07, 6.45) is 2.49. The Morgan fingerprint density at radius 1 is 1.41 bits per heavy atom. The zero-order chi connectivity index (χ0) is 16.4. The van der Waals surface area contributed by atoms with E-state index in [1.807, 2.05) is 13.8 Å². The van der Waals surface area contributed by atoms with Crippen LogP contribution in [0.5, 0.6) is 0 Å². The molecule has 120 valence electrons. The third-order valence-electron chi connectivity index (χ3n) is 4.08. The Labute approximate surface area is 131 Å². The number of carbonyl (C=O) groups excluding carboxylic acids is 2. The Hall–Kier alpha value is -2.24. The molecule has 1 saturated heterocycles. The number of aromatic amines is 1. The van der Waals surface area contributed by atoms with Gasteiger partial charge in [0.05, 0.1) is 5.56 Å². The average molecular weight is 304 g/mol. The quantitative estimate of drug-likeness (QED) is 0.893. The van der Waals surface area contributed by atoms with Crippen molar-refractivity contribution in [1.82, 2.24) is 20.1 Å². The molecule has 1 aliphatic rings. The zero-order valence-electron chi connectivity index (χ0n) is 13.7. The molecule has 22 heavy (non-hydrogen) atoms. The normalized spacial score (nSPS) is 17.5. The molecule has 0 bridgehead atoms. The standard InChI is InChI=1S/C16H24N4O2/c1-6-13-10(2)14(11(3)17-13)15(21)18-12-7-8-20(9-12)16(22)19(4)5/h6,12,17H,1,7-9H2,2-5H3,(H,18,21)/t12-/m0/s1. The van der Waals surface area contributed by atoms with Gasteiger partial charge >= 0.3 is 6.03 Å². The number of H-pyrrole nitrogens is 1. The number of likely N-dealkylation sites (tertiary alicyclic amines) is 1. The zero-order valence-corrected chi connectivity index (χ0v) is 13.7. The molecule has 0 spiro atoms. The summed E-state index contributed by atoms with van der Waals surface area (Å²) in [6, 6.07) is -0.0167. The minimum Gasteiger partial charge on any atom is -0.358 e. The van der Waals surface area contributed by atoms with Crippen LogP contribution >= 0.6 is 0 Å². The summed E-state index contributed by atoms with van der Waals surface area (Å²) in [5.74, 6) is -0.0940. The lowest BCUT2D eigenvalue weighted by molar-refractivity contribution is 0.0936. The molecule has 0 radical (unpaired) electrons. The maximum absolute atomic E-state index is 12.5. The number of hydrogen-bond acceptors (Lipinski definition) is 2. The summed E-state index contributed by atoms with van der Waals surface area (Å²) in [7, 11) is 3.47. The van der Waals surface area contributed by atoms with Crippen molar-refractivity contribution in [3.63, 3.8) is 0 Å². The van der Waals surface area contributed by atoms with Gasteiger partial charge in [-0.05, 0) is 31.9 Å². The van der Waals surface area contributed by atoms with E-state index in [2.05, 4.69) is 16.9 Å². The molecule has 0 aromatic carbocycles. The van der Waals surface area contributed by atoms with Gasteiger partial charge in [-0.2, -0.15) is 0 Å². The van der Waals surface area contributed by atoms with Crippen LogP contribution in [0.3, 0.4) is 0 Å². The first-order valence-corrected chi connectivity index (χ1v) is 7.43. The fourth-order valence-electron chi connectivity index (χ4n) is 2.91. The molecule has 1 aromatic heterocycles. The molecule has 0 saturated carbocycles. The van der Waals surface area contributed by atoms with E-state index in [0.717, 1.165) is 23.4 Å². The number of rotatable bonds is 3. The molecule has 0 unspecified atom stereocenters. The van der Waals surface area contributed by atoms with Crippen LogP contribution in [-0.4, -0.2) is 59.9 Å². The smallest absolute Gasteiger partial charge is 0.319 e. The lowest BCUT2D eigenvalue weighted by atomic mass is 10.1. The van der Waals surface area contributed by atoms with Gasteiger partial charge in [0.2, 0.25) is 0 Å². The summed E-state index contributed by atoms with van der Waals surface area (Å²) in [6.45, 7) is 8.76. The van der Waals surface area contributed by atoms with Crippen molar-refractivity contribution < 1.29 is 9.59 Å². The third-order valence-corrected chi connectivity index (χ3v) is 4.08. The van der Waals surface area contributed by atoms with Gasteiger partial charge < -0.3 is 20.1 Å². The summed E-state index contributed by atoms with van der Waals surface area (Å²) >= 11 is 0. The number of amides is 3. The molecule has 1 atom stereocenters. The molecular formula is C16H24N4O2. The lowest BCUT2D eigenvalue weighted by Crippen LogP contribution is -2.41. The van der Waals surface area contributed by atoms with Crippen molar-refractivity contribution in [3.05, 3.63) is 29.1 Å². The van der Waals surface area contributed by atoms with Gasteiger partial charge in [-0.1, -0.05) is 6.58 Å². The second-order valence-corrected chi connectivity index (χ2v) is 5.95. The van der Waals surface area contributed by atoms with Crippen molar-refractivity contribution >= 4 is 18.0 Å². The van der Waals surface area contributed by atoms with Crippen LogP contribution in [0, 0.1) is 13.8 Å². The number of aromatic nitrogens is 1. The molecule has 1 fully saturated rings. The van der Waals surface area contributed by atoms with E-state index in [1.54, 1.807) is 30.0 Å². The first-order valence-electron chi connectivity index (χ1n) is 7.43. The Balaban J connectivity index is 2.04. The second-order valence-electron chi connectivity index (χ2n) is 5.95. The molecular weight excluding hydrogens is 280 g/mol. The SMILES string of the molecule is C=Cc1[nH]c(C)c(C(=O)N[C@H]2CCN(C(=O)N(C)C)C2)c1C. The molecule has 2 heterocycles. The number of aryl methyl sites for hydroxylation is 1. The molecule has 2 N–H and O–H groups in total. The van der Waals surface area contributed by atoms with E-state index in [9.17, 15) is 9.59 Å². The maximum atomic E-state index is 12.5. The predicted octanol–water partition coefficient (Wildman–Crippen LogP) is 1.76. The first-order chi connectivity index (χ1) is 10.3. The van der Waals surface area contributed by atoms with E-state index in [4.69, 9.17) is 0 Å². The summed E-state index contributed by atoms with van der Waals surface area (Å²) in [4.78, 5) is 30.9. The van der Waals surface area contributed by atoms with Crippen molar-refractivity contribution in [1.29, 1.82) is 0 Å². The molecule has 0 aliphatic carbocycles. The highest BCUT2D eigenvalue weighted by atomic mass is 16.2.